The molecule has 0 spiro atoms. The number of rotatable bonds is 8. The summed E-state index contributed by atoms with van der Waals surface area (Å²) in [4.78, 5) is 19.8. The van der Waals surface area contributed by atoms with Crippen LogP contribution in [0.2, 0.25) is 0 Å². The summed E-state index contributed by atoms with van der Waals surface area (Å²) in [5.74, 6) is -0.883. The Morgan fingerprint density at radius 1 is 0.800 bits per heavy atom. The summed E-state index contributed by atoms with van der Waals surface area (Å²) in [6.45, 7) is 3.09. The van der Waals surface area contributed by atoms with E-state index in [-0.39, 0.29) is 12.5 Å². The van der Waals surface area contributed by atoms with Crippen LogP contribution < -0.4 is 0 Å². The first-order valence-electron chi connectivity index (χ1n) is 12.4. The molecule has 0 aliphatic carbocycles. The molecule has 1 atom stereocenters. The van der Waals surface area contributed by atoms with Crippen LogP contribution in [0.4, 0.5) is 26.3 Å². The van der Waals surface area contributed by atoms with Crippen LogP contribution >= 0.6 is 0 Å². The number of pyridine rings is 1. The largest absolute Gasteiger partial charge is 0.481 e. The molecular formula is C28H27F6N3O3. The first-order chi connectivity index (χ1) is 18.8. The van der Waals surface area contributed by atoms with Crippen LogP contribution in [0.5, 0.6) is 0 Å². The van der Waals surface area contributed by atoms with E-state index < -0.39 is 29.5 Å². The molecule has 214 valence electrons. The lowest BCUT2D eigenvalue weighted by Gasteiger charge is -2.41. The maximum atomic E-state index is 13.1. The Kier molecular flexibility index (Phi) is 8.52. The summed E-state index contributed by atoms with van der Waals surface area (Å²) in [6, 6.07) is 14.1. The number of benzene rings is 2. The van der Waals surface area contributed by atoms with Crippen molar-refractivity contribution < 1.29 is 41.4 Å². The molecule has 40 heavy (non-hydrogen) atoms. The number of hydrogen-bond donors (Lipinski definition) is 2. The summed E-state index contributed by atoms with van der Waals surface area (Å²) in [6.07, 6.45) is -8.50. The third kappa shape index (κ3) is 6.45. The van der Waals surface area contributed by atoms with Gasteiger partial charge in [0.1, 0.15) is 0 Å². The third-order valence-electron chi connectivity index (χ3n) is 7.05. The zero-order valence-electron chi connectivity index (χ0n) is 21.2. The van der Waals surface area contributed by atoms with Crippen molar-refractivity contribution in [3.63, 3.8) is 0 Å². The topological polar surface area (TPSA) is 76.9 Å². The quantitative estimate of drug-likeness (QED) is 0.364. The van der Waals surface area contributed by atoms with Gasteiger partial charge in [0, 0.05) is 56.7 Å². The van der Waals surface area contributed by atoms with Crippen LogP contribution in [0.1, 0.15) is 23.1 Å². The molecular weight excluding hydrogens is 540 g/mol. The van der Waals surface area contributed by atoms with Gasteiger partial charge in [-0.2, -0.15) is 26.3 Å². The zero-order valence-corrected chi connectivity index (χ0v) is 21.2. The molecule has 2 N–H and O–H groups in total. The lowest BCUT2D eigenvalue weighted by Crippen LogP contribution is -2.53. The number of aromatic nitrogens is 1. The third-order valence-corrected chi connectivity index (χ3v) is 7.05. The van der Waals surface area contributed by atoms with Gasteiger partial charge in [0.25, 0.3) is 5.60 Å². The lowest BCUT2D eigenvalue weighted by molar-refractivity contribution is -0.376. The van der Waals surface area contributed by atoms with Crippen molar-refractivity contribution in [1.82, 2.24) is 14.8 Å². The Labute approximate surface area is 226 Å². The van der Waals surface area contributed by atoms with Gasteiger partial charge in [0.15, 0.2) is 0 Å². The monoisotopic (exact) mass is 567 g/mol. The number of aliphatic carboxylic acids is 1. The molecule has 1 fully saturated rings. The average Bonchev–Trinajstić information content (AvgIpc) is 2.89. The fourth-order valence-electron chi connectivity index (χ4n) is 4.88. The molecule has 0 radical (unpaired) electrons. The molecule has 1 aliphatic rings. The molecule has 1 unspecified atom stereocenters. The summed E-state index contributed by atoms with van der Waals surface area (Å²) >= 11 is 0. The first-order valence-corrected chi connectivity index (χ1v) is 12.4. The fourth-order valence-corrected chi connectivity index (χ4v) is 4.88. The number of alkyl halides is 6. The van der Waals surface area contributed by atoms with Gasteiger partial charge in [-0.1, -0.05) is 48.5 Å². The summed E-state index contributed by atoms with van der Waals surface area (Å²) in [5, 5.41) is 19.0. The number of nitrogens with zero attached hydrogens (tertiary/aromatic N) is 3. The zero-order chi connectivity index (χ0) is 29.1. The normalized spacial score (nSPS) is 17.6. The lowest BCUT2D eigenvalue weighted by atomic mass is 9.90. The van der Waals surface area contributed by atoms with E-state index in [0.29, 0.717) is 56.0 Å². The van der Waals surface area contributed by atoms with Gasteiger partial charge in [-0.25, -0.2) is 0 Å². The molecule has 1 aliphatic heterocycles. The van der Waals surface area contributed by atoms with Crippen LogP contribution in [0, 0.1) is 0 Å². The minimum atomic E-state index is -5.94. The van der Waals surface area contributed by atoms with Crippen LogP contribution in [0.3, 0.4) is 0 Å². The van der Waals surface area contributed by atoms with E-state index in [1.807, 2.05) is 12.1 Å². The highest BCUT2D eigenvalue weighted by atomic mass is 19.4. The summed E-state index contributed by atoms with van der Waals surface area (Å²) in [5.41, 5.74) is -3.36. The molecule has 1 aromatic heterocycles. The van der Waals surface area contributed by atoms with Crippen molar-refractivity contribution >= 4 is 5.97 Å². The van der Waals surface area contributed by atoms with Crippen LogP contribution in [0.25, 0.3) is 11.1 Å². The average molecular weight is 568 g/mol. The van der Waals surface area contributed by atoms with Gasteiger partial charge < -0.3 is 10.2 Å². The van der Waals surface area contributed by atoms with Crippen LogP contribution in [-0.2, 0) is 23.5 Å². The Morgan fingerprint density at radius 2 is 1.32 bits per heavy atom. The van der Waals surface area contributed by atoms with Gasteiger partial charge >= 0.3 is 18.3 Å². The molecule has 12 heteroatoms. The molecule has 1 saturated heterocycles. The molecule has 2 heterocycles. The van der Waals surface area contributed by atoms with Gasteiger partial charge in [0.2, 0.25) is 0 Å². The summed E-state index contributed by atoms with van der Waals surface area (Å²) < 4.78 is 78.9. The number of hydrogen-bond acceptors (Lipinski definition) is 5. The maximum Gasteiger partial charge on any atom is 0.430 e. The van der Waals surface area contributed by atoms with E-state index in [0.717, 1.165) is 23.3 Å². The number of carboxylic acids is 1. The number of carboxylic acid groups (broad SMARTS) is 1. The van der Waals surface area contributed by atoms with Gasteiger partial charge in [-0.15, -0.1) is 0 Å². The van der Waals surface area contributed by atoms with Gasteiger partial charge in [-0.05, 0) is 34.4 Å². The second-order valence-electron chi connectivity index (χ2n) is 9.79. The molecule has 0 saturated carbocycles. The van der Waals surface area contributed by atoms with Crippen molar-refractivity contribution in [2.24, 2.45) is 0 Å². The maximum absolute atomic E-state index is 13.1. The minimum Gasteiger partial charge on any atom is -0.481 e. The SMILES string of the molecule is O=C(O)CC1CN(Cc2ccc(-c3ccc(C(O)(C(F)(F)F)C(F)(F)F)cc3)cc2)CCN1Cc1ccncc1. The smallest absolute Gasteiger partial charge is 0.430 e. The van der Waals surface area contributed by atoms with Crippen LogP contribution in [0.15, 0.2) is 73.1 Å². The number of aliphatic hydroxyl groups is 1. The highest BCUT2D eigenvalue weighted by molar-refractivity contribution is 5.67. The van der Waals surface area contributed by atoms with E-state index in [1.54, 1.807) is 36.7 Å². The van der Waals surface area contributed by atoms with E-state index >= 15 is 0 Å². The number of piperazine rings is 1. The Hall–Kier alpha value is -3.48. The van der Waals surface area contributed by atoms with E-state index in [9.17, 15) is 41.4 Å². The number of halogens is 6. The molecule has 0 bridgehead atoms. The second-order valence-corrected chi connectivity index (χ2v) is 9.79. The van der Waals surface area contributed by atoms with E-state index in [4.69, 9.17) is 0 Å². The first kappa shape index (κ1) is 29.5. The van der Waals surface area contributed by atoms with Crippen LogP contribution in [-0.4, -0.2) is 69.0 Å². The predicted octanol–water partition coefficient (Wildman–Crippen LogP) is 5.22. The Balaban J connectivity index is 1.43. The summed E-state index contributed by atoms with van der Waals surface area (Å²) in [7, 11) is 0. The highest BCUT2D eigenvalue weighted by Crippen LogP contribution is 2.50. The molecule has 6 nitrogen and oxygen atoms in total. The second kappa shape index (κ2) is 11.6. The van der Waals surface area contributed by atoms with Gasteiger partial charge in [-0.3, -0.25) is 19.6 Å². The molecule has 0 amide bonds. The van der Waals surface area contributed by atoms with Crippen molar-refractivity contribution in [2.45, 2.75) is 43.5 Å². The van der Waals surface area contributed by atoms with Crippen molar-refractivity contribution in [3.05, 3.63) is 89.7 Å². The fraction of sp³-hybridized carbons (Fsp3) is 0.357. The Morgan fingerprint density at radius 3 is 1.85 bits per heavy atom. The number of carbonyl (C=O) groups is 1. The van der Waals surface area contributed by atoms with E-state index in [1.165, 1.54) is 0 Å². The van der Waals surface area contributed by atoms with Crippen molar-refractivity contribution in [1.29, 1.82) is 0 Å². The Bertz CT molecular complexity index is 1270. The molecule has 4 rings (SSSR count). The minimum absolute atomic E-state index is 0.00563. The van der Waals surface area contributed by atoms with E-state index in [2.05, 4.69) is 14.8 Å². The van der Waals surface area contributed by atoms with Crippen molar-refractivity contribution in [2.75, 3.05) is 19.6 Å². The van der Waals surface area contributed by atoms with Gasteiger partial charge in [0.05, 0.1) is 6.42 Å². The van der Waals surface area contributed by atoms with Crippen molar-refractivity contribution in [3.8, 4) is 11.1 Å². The predicted molar refractivity (Wildman–Crippen MR) is 134 cm³/mol. The molecule has 2 aromatic carbocycles. The molecule has 3 aromatic rings. The standard InChI is InChI=1S/C28H27F6N3O3/c29-27(30,31)26(40,28(32,33)34)23-7-5-22(6-8-23)21-3-1-19(2-4-21)16-36-13-14-37(24(18-36)15-25(38)39)17-20-9-11-35-12-10-20/h1-12,24,40H,13-18H2,(H,38,39). The highest BCUT2D eigenvalue weighted by Gasteiger charge is 2.71.